The number of nitrogens with zero attached hydrogens (tertiary/aromatic N) is 5. The van der Waals surface area contributed by atoms with Gasteiger partial charge in [-0.1, -0.05) is 0 Å². The summed E-state index contributed by atoms with van der Waals surface area (Å²) in [6, 6.07) is 16.9. The number of carbonyl (C=O) groups is 1. The third kappa shape index (κ3) is 4.73. The molecule has 0 radical (unpaired) electrons. The van der Waals surface area contributed by atoms with Crippen molar-refractivity contribution in [2.75, 3.05) is 48.4 Å². The molecule has 2 aromatic heterocycles. The molecule has 1 aliphatic heterocycles. The molecule has 3 heterocycles. The van der Waals surface area contributed by atoms with Crippen molar-refractivity contribution in [1.82, 2.24) is 9.97 Å². The number of hydrogen-bond donors (Lipinski definition) is 1. The maximum absolute atomic E-state index is 12.4. The van der Waals surface area contributed by atoms with Crippen LogP contribution in [0, 0.1) is 11.3 Å². The van der Waals surface area contributed by atoms with Crippen molar-refractivity contribution in [3.8, 4) is 11.8 Å². The maximum Gasteiger partial charge on any atom is 0.274 e. The van der Waals surface area contributed by atoms with Crippen molar-refractivity contribution < 1.29 is 9.53 Å². The van der Waals surface area contributed by atoms with E-state index in [1.807, 2.05) is 30.3 Å². The van der Waals surface area contributed by atoms with Crippen LogP contribution in [0.1, 0.15) is 16.1 Å². The van der Waals surface area contributed by atoms with E-state index in [2.05, 4.69) is 31.2 Å². The number of amides is 1. The van der Waals surface area contributed by atoms with Crippen molar-refractivity contribution in [3.63, 3.8) is 0 Å². The van der Waals surface area contributed by atoms with Crippen LogP contribution in [0.3, 0.4) is 0 Å². The van der Waals surface area contributed by atoms with E-state index in [1.165, 1.54) is 6.20 Å². The van der Waals surface area contributed by atoms with E-state index in [-0.39, 0.29) is 5.91 Å². The topological polar surface area (TPSA) is 94.4 Å². The highest BCUT2D eigenvalue weighted by atomic mass is 16.5. The smallest absolute Gasteiger partial charge is 0.274 e. The van der Waals surface area contributed by atoms with Gasteiger partial charge in [0.1, 0.15) is 23.3 Å². The molecule has 156 valence electrons. The van der Waals surface area contributed by atoms with Crippen LogP contribution < -0.4 is 19.9 Å². The van der Waals surface area contributed by atoms with Crippen LogP contribution in [0.25, 0.3) is 0 Å². The average Bonchev–Trinajstić information content (AvgIpc) is 2.85. The number of aromatic nitrogens is 2. The van der Waals surface area contributed by atoms with E-state index in [9.17, 15) is 4.79 Å². The minimum Gasteiger partial charge on any atom is -0.495 e. The molecule has 8 nitrogen and oxygen atoms in total. The van der Waals surface area contributed by atoms with E-state index >= 15 is 0 Å². The van der Waals surface area contributed by atoms with E-state index in [4.69, 9.17) is 10.00 Å². The lowest BCUT2D eigenvalue weighted by molar-refractivity contribution is 0.102. The Kier molecular flexibility index (Phi) is 5.94. The molecule has 0 aliphatic carbocycles. The number of benzene rings is 1. The standard InChI is InChI=1S/C23H22N6O2/c1-31-20-7-8-21(25-16-20)23(30)27-18-3-5-19(6-4-18)28-10-12-29(13-11-28)22-9-2-17(14-24)15-26-22/h2-9,15-16H,10-13H2,1H3,(H,27,30). The highest BCUT2D eigenvalue weighted by Gasteiger charge is 2.18. The monoisotopic (exact) mass is 414 g/mol. The molecule has 0 spiro atoms. The third-order valence-corrected chi connectivity index (χ3v) is 5.18. The second kappa shape index (κ2) is 9.13. The fourth-order valence-corrected chi connectivity index (χ4v) is 3.42. The first-order valence-corrected chi connectivity index (χ1v) is 9.94. The molecule has 4 rings (SSSR count). The van der Waals surface area contributed by atoms with Gasteiger partial charge in [0.05, 0.1) is 18.9 Å². The Labute approximate surface area is 180 Å². The molecule has 1 saturated heterocycles. The van der Waals surface area contributed by atoms with Gasteiger partial charge in [-0.3, -0.25) is 4.79 Å². The van der Waals surface area contributed by atoms with E-state index in [0.29, 0.717) is 22.7 Å². The minimum absolute atomic E-state index is 0.265. The summed E-state index contributed by atoms with van der Waals surface area (Å²) in [5, 5.41) is 11.8. The van der Waals surface area contributed by atoms with Crippen LogP contribution in [0.4, 0.5) is 17.2 Å². The first-order valence-electron chi connectivity index (χ1n) is 9.94. The highest BCUT2D eigenvalue weighted by molar-refractivity contribution is 6.02. The molecule has 1 aliphatic rings. The molecule has 1 fully saturated rings. The van der Waals surface area contributed by atoms with Crippen LogP contribution in [-0.4, -0.2) is 49.2 Å². The van der Waals surface area contributed by atoms with Crippen LogP contribution in [0.2, 0.25) is 0 Å². The zero-order chi connectivity index (χ0) is 21.6. The van der Waals surface area contributed by atoms with Crippen LogP contribution in [0.15, 0.2) is 60.9 Å². The number of nitrogens with one attached hydrogen (secondary N) is 1. The molecule has 1 aromatic carbocycles. The molecular weight excluding hydrogens is 392 g/mol. The molecular formula is C23H22N6O2. The summed E-state index contributed by atoms with van der Waals surface area (Å²) in [6.07, 6.45) is 3.13. The van der Waals surface area contributed by atoms with Gasteiger partial charge in [0.15, 0.2) is 0 Å². The van der Waals surface area contributed by atoms with Gasteiger partial charge < -0.3 is 19.9 Å². The molecule has 1 N–H and O–H groups in total. The van der Waals surface area contributed by atoms with Gasteiger partial charge in [-0.25, -0.2) is 9.97 Å². The predicted octanol–water partition coefficient (Wildman–Crippen LogP) is 2.94. The molecule has 0 saturated carbocycles. The fraction of sp³-hybridized carbons (Fsp3) is 0.217. The Hall–Kier alpha value is -4.12. The highest BCUT2D eigenvalue weighted by Crippen LogP contribution is 2.22. The SMILES string of the molecule is COc1ccc(C(=O)Nc2ccc(N3CCN(c4ccc(C#N)cn4)CC3)cc2)nc1. The van der Waals surface area contributed by atoms with Gasteiger partial charge in [-0.05, 0) is 48.5 Å². The lowest BCUT2D eigenvalue weighted by Gasteiger charge is -2.36. The minimum atomic E-state index is -0.265. The van der Waals surface area contributed by atoms with Gasteiger partial charge in [0.2, 0.25) is 0 Å². The predicted molar refractivity (Wildman–Crippen MR) is 119 cm³/mol. The zero-order valence-corrected chi connectivity index (χ0v) is 17.2. The fourth-order valence-electron chi connectivity index (χ4n) is 3.42. The summed E-state index contributed by atoms with van der Waals surface area (Å²) in [4.78, 5) is 25.4. The van der Waals surface area contributed by atoms with E-state index < -0.39 is 0 Å². The van der Waals surface area contributed by atoms with Gasteiger partial charge in [-0.2, -0.15) is 5.26 Å². The van der Waals surface area contributed by atoms with Crippen molar-refractivity contribution in [2.45, 2.75) is 0 Å². The first kappa shape index (κ1) is 20.2. The average molecular weight is 414 g/mol. The quantitative estimate of drug-likeness (QED) is 0.686. The summed E-state index contributed by atoms with van der Waals surface area (Å²) < 4.78 is 5.06. The van der Waals surface area contributed by atoms with Gasteiger partial charge >= 0.3 is 0 Å². The number of nitriles is 1. The number of pyridine rings is 2. The normalized spacial score (nSPS) is 13.4. The van der Waals surface area contributed by atoms with Crippen molar-refractivity contribution in [1.29, 1.82) is 5.26 Å². The lowest BCUT2D eigenvalue weighted by atomic mass is 10.2. The summed E-state index contributed by atoms with van der Waals surface area (Å²) in [5.74, 6) is 1.23. The summed E-state index contributed by atoms with van der Waals surface area (Å²) >= 11 is 0. The molecule has 0 bridgehead atoms. The van der Waals surface area contributed by atoms with Crippen molar-refractivity contribution in [3.05, 3.63) is 72.2 Å². The number of hydrogen-bond acceptors (Lipinski definition) is 7. The van der Waals surface area contributed by atoms with Gasteiger partial charge in [0, 0.05) is 43.8 Å². The summed E-state index contributed by atoms with van der Waals surface area (Å²) in [5.41, 5.74) is 2.72. The third-order valence-electron chi connectivity index (χ3n) is 5.18. The molecule has 0 atom stereocenters. The molecule has 0 unspecified atom stereocenters. The zero-order valence-electron chi connectivity index (χ0n) is 17.2. The molecule has 3 aromatic rings. The number of ether oxygens (including phenoxy) is 1. The molecule has 1 amide bonds. The number of carbonyl (C=O) groups excluding carboxylic acids is 1. The van der Waals surface area contributed by atoms with Crippen molar-refractivity contribution in [2.24, 2.45) is 0 Å². The van der Waals surface area contributed by atoms with Crippen LogP contribution in [-0.2, 0) is 0 Å². The van der Waals surface area contributed by atoms with Crippen molar-refractivity contribution >= 4 is 23.1 Å². The van der Waals surface area contributed by atoms with Crippen LogP contribution in [0.5, 0.6) is 5.75 Å². The van der Waals surface area contributed by atoms with E-state index in [0.717, 1.165) is 37.7 Å². The number of methoxy groups -OCH3 is 1. The summed E-state index contributed by atoms with van der Waals surface area (Å²) in [7, 11) is 1.56. The largest absolute Gasteiger partial charge is 0.495 e. The second-order valence-electron chi connectivity index (χ2n) is 7.08. The molecule has 31 heavy (non-hydrogen) atoms. The second-order valence-corrected chi connectivity index (χ2v) is 7.08. The Bertz CT molecular complexity index is 1070. The Morgan fingerprint density at radius 3 is 2.29 bits per heavy atom. The number of piperazine rings is 1. The van der Waals surface area contributed by atoms with Gasteiger partial charge in [-0.15, -0.1) is 0 Å². The van der Waals surface area contributed by atoms with Crippen LogP contribution >= 0.6 is 0 Å². The maximum atomic E-state index is 12.4. The molecule has 8 heteroatoms. The Morgan fingerprint density at radius 2 is 1.71 bits per heavy atom. The number of anilines is 3. The lowest BCUT2D eigenvalue weighted by Crippen LogP contribution is -2.46. The first-order chi connectivity index (χ1) is 15.2. The van der Waals surface area contributed by atoms with Gasteiger partial charge in [0.25, 0.3) is 5.91 Å². The van der Waals surface area contributed by atoms with E-state index in [1.54, 1.807) is 31.5 Å². The number of rotatable bonds is 5. The summed E-state index contributed by atoms with van der Waals surface area (Å²) in [6.45, 7) is 3.42. The Morgan fingerprint density at radius 1 is 0.968 bits per heavy atom. The Balaban J connectivity index is 1.33.